The Kier molecular flexibility index (Phi) is 4.93. The Hall–Kier alpha value is -1.86. The van der Waals surface area contributed by atoms with Crippen molar-refractivity contribution in [3.05, 3.63) is 29.6 Å². The maximum Gasteiger partial charge on any atom is 0.253 e. The van der Waals surface area contributed by atoms with E-state index < -0.39 is 0 Å². The minimum atomic E-state index is -0.0594. The molecule has 1 aliphatic carbocycles. The van der Waals surface area contributed by atoms with Gasteiger partial charge in [0.25, 0.3) is 5.91 Å². The van der Waals surface area contributed by atoms with Crippen molar-refractivity contribution in [3.63, 3.8) is 0 Å². The smallest absolute Gasteiger partial charge is 0.253 e. The summed E-state index contributed by atoms with van der Waals surface area (Å²) in [6.45, 7) is 0.304. The molecule has 1 heterocycles. The van der Waals surface area contributed by atoms with Crippen LogP contribution < -0.4 is 11.1 Å². The van der Waals surface area contributed by atoms with Crippen molar-refractivity contribution in [1.29, 1.82) is 0 Å². The van der Waals surface area contributed by atoms with Gasteiger partial charge < -0.3 is 11.1 Å². The predicted molar refractivity (Wildman–Crippen MR) is 74.5 cm³/mol. The topological polar surface area (TPSA) is 68.0 Å². The van der Waals surface area contributed by atoms with Gasteiger partial charge in [-0.05, 0) is 18.9 Å². The summed E-state index contributed by atoms with van der Waals surface area (Å²) < 4.78 is 0. The fourth-order valence-electron chi connectivity index (χ4n) is 2.30. The fourth-order valence-corrected chi connectivity index (χ4v) is 2.30. The maximum absolute atomic E-state index is 12.1. The first-order valence-electron chi connectivity index (χ1n) is 6.74. The zero-order valence-corrected chi connectivity index (χ0v) is 11.0. The van der Waals surface area contributed by atoms with Crippen molar-refractivity contribution in [2.24, 2.45) is 5.73 Å². The number of aromatic nitrogens is 1. The Bertz CT molecular complexity index is 496. The molecule has 19 heavy (non-hydrogen) atoms. The van der Waals surface area contributed by atoms with Crippen molar-refractivity contribution in [3.8, 4) is 11.8 Å². The number of carbonyl (C=O) groups excluding carboxylic acids is 1. The summed E-state index contributed by atoms with van der Waals surface area (Å²) in [5.41, 5.74) is 6.61. The molecule has 1 aliphatic rings. The highest BCUT2D eigenvalue weighted by atomic mass is 16.1. The first-order valence-corrected chi connectivity index (χ1v) is 6.74. The van der Waals surface area contributed by atoms with Gasteiger partial charge >= 0.3 is 0 Å². The molecule has 4 heteroatoms. The van der Waals surface area contributed by atoms with Gasteiger partial charge in [0, 0.05) is 24.0 Å². The lowest BCUT2D eigenvalue weighted by Gasteiger charge is -2.22. The highest BCUT2D eigenvalue weighted by Gasteiger charge is 2.16. The van der Waals surface area contributed by atoms with Crippen LogP contribution in [-0.4, -0.2) is 23.5 Å². The number of nitrogens with zero attached hydrogens (tertiary/aromatic N) is 1. The molecule has 3 N–H and O–H groups in total. The lowest BCUT2D eigenvalue weighted by atomic mass is 9.95. The van der Waals surface area contributed by atoms with E-state index in [0.717, 1.165) is 18.4 Å². The van der Waals surface area contributed by atoms with Gasteiger partial charge in [-0.1, -0.05) is 31.1 Å². The molecule has 1 amide bonds. The second kappa shape index (κ2) is 6.91. The molecule has 0 unspecified atom stereocenters. The van der Waals surface area contributed by atoms with E-state index in [9.17, 15) is 4.79 Å². The molecule has 2 rings (SSSR count). The number of hydrogen-bond donors (Lipinski definition) is 2. The summed E-state index contributed by atoms with van der Waals surface area (Å²) in [5, 5.41) is 3.07. The van der Waals surface area contributed by atoms with E-state index in [4.69, 9.17) is 5.73 Å². The number of rotatable bonds is 2. The molecule has 0 saturated heterocycles. The van der Waals surface area contributed by atoms with E-state index in [1.54, 1.807) is 18.5 Å². The number of carbonyl (C=O) groups is 1. The number of pyridine rings is 1. The molecular formula is C15H19N3O. The molecule has 1 aromatic rings. The van der Waals surface area contributed by atoms with Gasteiger partial charge in [-0.15, -0.1) is 0 Å². The van der Waals surface area contributed by atoms with Crippen molar-refractivity contribution in [2.45, 2.75) is 38.1 Å². The van der Waals surface area contributed by atoms with Crippen molar-refractivity contribution < 1.29 is 4.79 Å². The number of hydrogen-bond acceptors (Lipinski definition) is 3. The molecule has 4 nitrogen and oxygen atoms in total. The SMILES string of the molecule is NCC#Cc1cncc(C(=O)NC2CCCCC2)c1. The second-order valence-corrected chi connectivity index (χ2v) is 4.78. The van der Waals surface area contributed by atoms with Crippen LogP contribution in [0.3, 0.4) is 0 Å². The van der Waals surface area contributed by atoms with Crippen LogP contribution in [0.4, 0.5) is 0 Å². The van der Waals surface area contributed by atoms with Crippen LogP contribution in [0.2, 0.25) is 0 Å². The zero-order chi connectivity index (χ0) is 13.5. The molecular weight excluding hydrogens is 238 g/mol. The first-order chi connectivity index (χ1) is 9.29. The largest absolute Gasteiger partial charge is 0.349 e. The Morgan fingerprint density at radius 2 is 2.16 bits per heavy atom. The second-order valence-electron chi connectivity index (χ2n) is 4.78. The Morgan fingerprint density at radius 1 is 1.37 bits per heavy atom. The first kappa shape index (κ1) is 13.6. The van der Waals surface area contributed by atoms with Gasteiger partial charge in [0.1, 0.15) is 0 Å². The molecule has 100 valence electrons. The Labute approximate surface area is 113 Å². The van der Waals surface area contributed by atoms with E-state index in [1.807, 2.05) is 0 Å². The predicted octanol–water partition coefficient (Wildman–Crippen LogP) is 1.45. The molecule has 1 fully saturated rings. The van der Waals surface area contributed by atoms with Crippen molar-refractivity contribution >= 4 is 5.91 Å². The average molecular weight is 257 g/mol. The molecule has 1 saturated carbocycles. The van der Waals surface area contributed by atoms with E-state index >= 15 is 0 Å². The lowest BCUT2D eigenvalue weighted by Crippen LogP contribution is -2.36. The third-order valence-electron chi connectivity index (χ3n) is 3.28. The van der Waals surface area contributed by atoms with E-state index in [1.165, 1.54) is 19.3 Å². The summed E-state index contributed by atoms with van der Waals surface area (Å²) in [4.78, 5) is 16.2. The molecule has 0 bridgehead atoms. The van der Waals surface area contributed by atoms with Gasteiger partial charge in [-0.2, -0.15) is 0 Å². The lowest BCUT2D eigenvalue weighted by molar-refractivity contribution is 0.0927. The molecule has 0 radical (unpaired) electrons. The van der Waals surface area contributed by atoms with Crippen LogP contribution in [0.5, 0.6) is 0 Å². The average Bonchev–Trinajstić information content (AvgIpc) is 2.46. The van der Waals surface area contributed by atoms with Crippen LogP contribution in [0.15, 0.2) is 18.5 Å². The van der Waals surface area contributed by atoms with Crippen molar-refractivity contribution in [2.75, 3.05) is 6.54 Å². The molecule has 0 atom stereocenters. The standard InChI is InChI=1S/C15H19N3O/c16-8-4-5-12-9-13(11-17-10-12)15(19)18-14-6-2-1-3-7-14/h9-11,14H,1-3,6-8,16H2,(H,18,19). The van der Waals surface area contributed by atoms with Crippen LogP contribution in [-0.2, 0) is 0 Å². The van der Waals surface area contributed by atoms with Gasteiger partial charge in [-0.3, -0.25) is 9.78 Å². The summed E-state index contributed by atoms with van der Waals surface area (Å²) in [6, 6.07) is 2.06. The van der Waals surface area contributed by atoms with Crippen LogP contribution >= 0.6 is 0 Å². The summed E-state index contributed by atoms with van der Waals surface area (Å²) >= 11 is 0. The normalized spacial score (nSPS) is 15.4. The van der Waals surface area contributed by atoms with Crippen molar-refractivity contribution in [1.82, 2.24) is 10.3 Å². The van der Waals surface area contributed by atoms with Crippen LogP contribution in [0, 0.1) is 11.8 Å². The third kappa shape index (κ3) is 4.08. The Balaban J connectivity index is 2.01. The summed E-state index contributed by atoms with van der Waals surface area (Å²) in [5.74, 6) is 5.58. The minimum absolute atomic E-state index is 0.0594. The molecule has 0 aromatic carbocycles. The highest BCUT2D eigenvalue weighted by molar-refractivity contribution is 5.94. The monoisotopic (exact) mass is 257 g/mol. The molecule has 0 spiro atoms. The van der Waals surface area contributed by atoms with Gasteiger partial charge in [0.2, 0.25) is 0 Å². The van der Waals surface area contributed by atoms with E-state index in [0.29, 0.717) is 18.2 Å². The van der Waals surface area contributed by atoms with Gasteiger partial charge in [-0.25, -0.2) is 0 Å². The summed E-state index contributed by atoms with van der Waals surface area (Å²) in [6.07, 6.45) is 9.04. The van der Waals surface area contributed by atoms with Gasteiger partial charge in [0.05, 0.1) is 12.1 Å². The Morgan fingerprint density at radius 3 is 2.89 bits per heavy atom. The fraction of sp³-hybridized carbons (Fsp3) is 0.467. The number of amides is 1. The van der Waals surface area contributed by atoms with Gasteiger partial charge in [0.15, 0.2) is 0 Å². The van der Waals surface area contributed by atoms with Crippen LogP contribution in [0.1, 0.15) is 48.0 Å². The van der Waals surface area contributed by atoms with Crippen LogP contribution in [0.25, 0.3) is 0 Å². The number of nitrogens with two attached hydrogens (primary N) is 1. The number of nitrogens with one attached hydrogen (secondary N) is 1. The summed E-state index contributed by atoms with van der Waals surface area (Å²) in [7, 11) is 0. The zero-order valence-electron chi connectivity index (χ0n) is 11.0. The highest BCUT2D eigenvalue weighted by Crippen LogP contribution is 2.17. The van der Waals surface area contributed by atoms with E-state index in [-0.39, 0.29) is 5.91 Å². The molecule has 0 aliphatic heterocycles. The van der Waals surface area contributed by atoms with E-state index in [2.05, 4.69) is 22.1 Å². The third-order valence-corrected chi connectivity index (χ3v) is 3.28. The maximum atomic E-state index is 12.1. The quantitative estimate of drug-likeness (QED) is 0.788. The minimum Gasteiger partial charge on any atom is -0.349 e. The molecule has 1 aromatic heterocycles.